The molecule has 2 heterocycles. The fourth-order valence-corrected chi connectivity index (χ4v) is 3.61. The molecule has 0 spiro atoms. The number of hydrogen-bond acceptors (Lipinski definition) is 4. The predicted molar refractivity (Wildman–Crippen MR) is 90.6 cm³/mol. The number of ether oxygens (including phenoxy) is 1. The van der Waals surface area contributed by atoms with Crippen LogP contribution in [0.25, 0.3) is 0 Å². The second-order valence-electron chi connectivity index (χ2n) is 6.12. The lowest BCUT2D eigenvalue weighted by Gasteiger charge is -2.30. The maximum absolute atomic E-state index is 12.4. The lowest BCUT2D eigenvalue weighted by atomic mass is 10.0. The summed E-state index contributed by atoms with van der Waals surface area (Å²) in [5, 5.41) is 8.07. The van der Waals surface area contributed by atoms with Gasteiger partial charge in [0.15, 0.2) is 0 Å². The van der Waals surface area contributed by atoms with Gasteiger partial charge in [0, 0.05) is 38.9 Å². The Morgan fingerprint density at radius 3 is 2.91 bits per heavy atom. The third-order valence-corrected chi connectivity index (χ3v) is 4.97. The first-order chi connectivity index (χ1) is 11.0. The molecule has 0 saturated carbocycles. The molecule has 1 saturated heterocycles. The van der Waals surface area contributed by atoms with Crippen molar-refractivity contribution in [3.8, 4) is 0 Å². The van der Waals surface area contributed by atoms with Gasteiger partial charge in [-0.15, -0.1) is 0 Å². The molecule has 1 N–H and O–H groups in total. The highest BCUT2D eigenvalue weighted by molar-refractivity contribution is 6.30. The van der Waals surface area contributed by atoms with Crippen LogP contribution in [0.5, 0.6) is 0 Å². The van der Waals surface area contributed by atoms with E-state index in [2.05, 4.69) is 15.3 Å². The lowest BCUT2D eigenvalue weighted by molar-refractivity contribution is -0.126. The topological polar surface area (TPSA) is 59.4 Å². The zero-order valence-electron chi connectivity index (χ0n) is 14.4. The second-order valence-corrected chi connectivity index (χ2v) is 6.48. The van der Waals surface area contributed by atoms with Gasteiger partial charge in [0.1, 0.15) is 5.15 Å². The standard InChI is InChI=1S/C16H27ClN4O2/c1-11-14(15(17)20(3)19-11)13-7-5-9-21(13)12(2)16(22)18-8-6-10-23-4/h12-13H,5-10H2,1-4H3,(H,18,22)/t12-,13-/m0/s1. The summed E-state index contributed by atoms with van der Waals surface area (Å²) in [7, 11) is 3.52. The van der Waals surface area contributed by atoms with Crippen LogP contribution < -0.4 is 5.32 Å². The molecule has 23 heavy (non-hydrogen) atoms. The van der Waals surface area contributed by atoms with Crippen molar-refractivity contribution in [1.29, 1.82) is 0 Å². The molecule has 0 radical (unpaired) electrons. The Balaban J connectivity index is 2.04. The SMILES string of the molecule is COCCCNC(=O)[C@H](C)N1CCC[C@H]1c1c(C)nn(C)c1Cl. The average molecular weight is 343 g/mol. The van der Waals surface area contributed by atoms with E-state index in [4.69, 9.17) is 16.3 Å². The number of likely N-dealkylation sites (tertiary alicyclic amines) is 1. The fraction of sp³-hybridized carbons (Fsp3) is 0.750. The van der Waals surface area contributed by atoms with Crippen LogP contribution in [-0.2, 0) is 16.6 Å². The maximum Gasteiger partial charge on any atom is 0.237 e. The summed E-state index contributed by atoms with van der Waals surface area (Å²) in [6.45, 7) is 6.15. The Bertz CT molecular complexity index is 546. The molecule has 0 bridgehead atoms. The van der Waals surface area contributed by atoms with Gasteiger partial charge in [0.05, 0.1) is 11.7 Å². The summed E-state index contributed by atoms with van der Waals surface area (Å²) in [6.07, 6.45) is 2.90. The van der Waals surface area contributed by atoms with Gasteiger partial charge < -0.3 is 10.1 Å². The molecule has 0 aliphatic carbocycles. The molecule has 2 rings (SSSR count). The van der Waals surface area contributed by atoms with E-state index < -0.39 is 0 Å². The van der Waals surface area contributed by atoms with E-state index in [1.807, 2.05) is 20.9 Å². The Labute approximate surface area is 143 Å². The average Bonchev–Trinajstić information content (AvgIpc) is 3.08. The van der Waals surface area contributed by atoms with Crippen LogP contribution in [0.2, 0.25) is 5.15 Å². The number of halogens is 1. The number of rotatable bonds is 7. The van der Waals surface area contributed by atoms with Gasteiger partial charge in [-0.3, -0.25) is 14.4 Å². The molecule has 1 fully saturated rings. The Hall–Kier alpha value is -1.11. The zero-order valence-corrected chi connectivity index (χ0v) is 15.2. The normalized spacial score (nSPS) is 20.0. The first-order valence-electron chi connectivity index (χ1n) is 8.18. The third-order valence-electron chi connectivity index (χ3n) is 4.52. The van der Waals surface area contributed by atoms with Gasteiger partial charge >= 0.3 is 0 Å². The quantitative estimate of drug-likeness (QED) is 0.770. The van der Waals surface area contributed by atoms with Crippen molar-refractivity contribution >= 4 is 17.5 Å². The van der Waals surface area contributed by atoms with Crippen molar-refractivity contribution in [2.45, 2.75) is 45.2 Å². The number of aromatic nitrogens is 2. The van der Waals surface area contributed by atoms with Crippen molar-refractivity contribution < 1.29 is 9.53 Å². The number of amides is 1. The van der Waals surface area contributed by atoms with E-state index in [9.17, 15) is 4.79 Å². The van der Waals surface area contributed by atoms with Crippen LogP contribution in [-0.4, -0.2) is 53.4 Å². The lowest BCUT2D eigenvalue weighted by Crippen LogP contribution is -2.45. The second kappa shape index (κ2) is 8.13. The smallest absolute Gasteiger partial charge is 0.237 e. The van der Waals surface area contributed by atoms with Gasteiger partial charge in [-0.2, -0.15) is 5.10 Å². The molecular weight excluding hydrogens is 316 g/mol. The van der Waals surface area contributed by atoms with Gasteiger partial charge in [-0.1, -0.05) is 11.6 Å². The highest BCUT2D eigenvalue weighted by Crippen LogP contribution is 2.38. The van der Waals surface area contributed by atoms with Crippen molar-refractivity contribution in [2.24, 2.45) is 7.05 Å². The van der Waals surface area contributed by atoms with E-state index >= 15 is 0 Å². The third kappa shape index (κ3) is 4.05. The van der Waals surface area contributed by atoms with Crippen LogP contribution in [0.4, 0.5) is 0 Å². The van der Waals surface area contributed by atoms with Crippen molar-refractivity contribution in [2.75, 3.05) is 26.8 Å². The summed E-state index contributed by atoms with van der Waals surface area (Å²) in [6, 6.07) is -0.0170. The molecule has 1 amide bonds. The first-order valence-corrected chi connectivity index (χ1v) is 8.56. The highest BCUT2D eigenvalue weighted by atomic mass is 35.5. The monoisotopic (exact) mass is 342 g/mol. The van der Waals surface area contributed by atoms with Gasteiger partial charge in [0.2, 0.25) is 5.91 Å². The molecule has 0 aromatic carbocycles. The Morgan fingerprint density at radius 2 is 2.30 bits per heavy atom. The van der Waals surface area contributed by atoms with Gasteiger partial charge in [0.25, 0.3) is 0 Å². The summed E-state index contributed by atoms with van der Waals surface area (Å²) < 4.78 is 6.71. The van der Waals surface area contributed by atoms with Gasteiger partial charge in [-0.05, 0) is 39.7 Å². The minimum absolute atomic E-state index is 0.0608. The van der Waals surface area contributed by atoms with E-state index in [0.29, 0.717) is 18.3 Å². The molecule has 2 atom stereocenters. The van der Waals surface area contributed by atoms with Crippen molar-refractivity contribution in [3.63, 3.8) is 0 Å². The van der Waals surface area contributed by atoms with Crippen LogP contribution in [0, 0.1) is 6.92 Å². The van der Waals surface area contributed by atoms with Gasteiger partial charge in [-0.25, -0.2) is 0 Å². The number of methoxy groups -OCH3 is 1. The molecule has 0 unspecified atom stereocenters. The summed E-state index contributed by atoms with van der Waals surface area (Å²) >= 11 is 6.42. The van der Waals surface area contributed by atoms with Crippen molar-refractivity contribution in [3.05, 3.63) is 16.4 Å². The molecule has 1 aliphatic heterocycles. The Morgan fingerprint density at radius 1 is 1.57 bits per heavy atom. The van der Waals surface area contributed by atoms with E-state index in [0.717, 1.165) is 37.1 Å². The summed E-state index contributed by atoms with van der Waals surface area (Å²) in [5.74, 6) is 0.0608. The molecule has 1 aromatic heterocycles. The number of hydrogen-bond donors (Lipinski definition) is 1. The van der Waals surface area contributed by atoms with E-state index in [1.165, 1.54) is 0 Å². The number of carbonyl (C=O) groups excluding carboxylic acids is 1. The molecular formula is C16H27ClN4O2. The molecule has 1 aromatic rings. The minimum Gasteiger partial charge on any atom is -0.385 e. The summed E-state index contributed by atoms with van der Waals surface area (Å²) in [4.78, 5) is 14.6. The number of nitrogens with one attached hydrogen (secondary N) is 1. The molecule has 6 nitrogen and oxygen atoms in total. The predicted octanol–water partition coefficient (Wildman–Crippen LogP) is 2.06. The molecule has 1 aliphatic rings. The van der Waals surface area contributed by atoms with Crippen LogP contribution in [0.1, 0.15) is 43.5 Å². The Kier molecular flexibility index (Phi) is 6.44. The molecule has 7 heteroatoms. The van der Waals surface area contributed by atoms with Crippen LogP contribution in [0.15, 0.2) is 0 Å². The largest absolute Gasteiger partial charge is 0.385 e. The van der Waals surface area contributed by atoms with Crippen LogP contribution >= 0.6 is 11.6 Å². The van der Waals surface area contributed by atoms with E-state index in [1.54, 1.807) is 11.8 Å². The van der Waals surface area contributed by atoms with Crippen molar-refractivity contribution in [1.82, 2.24) is 20.0 Å². The summed E-state index contributed by atoms with van der Waals surface area (Å²) in [5.41, 5.74) is 2.01. The van der Waals surface area contributed by atoms with Crippen LogP contribution in [0.3, 0.4) is 0 Å². The maximum atomic E-state index is 12.4. The number of nitrogens with zero attached hydrogens (tertiary/aromatic N) is 3. The zero-order chi connectivity index (χ0) is 17.0. The highest BCUT2D eigenvalue weighted by Gasteiger charge is 2.36. The minimum atomic E-state index is -0.180. The first kappa shape index (κ1) is 18.2. The number of aryl methyl sites for hydroxylation is 2. The molecule has 130 valence electrons. The fourth-order valence-electron chi connectivity index (χ4n) is 3.31. The van der Waals surface area contributed by atoms with E-state index in [-0.39, 0.29) is 18.0 Å². The number of carbonyl (C=O) groups is 1.